The Labute approximate surface area is 115 Å². The van der Waals surface area contributed by atoms with E-state index in [1.54, 1.807) is 7.11 Å². The van der Waals surface area contributed by atoms with E-state index in [1.165, 1.54) is 0 Å². The maximum atomic E-state index is 11.6. The first-order valence-corrected chi connectivity index (χ1v) is 6.59. The summed E-state index contributed by atoms with van der Waals surface area (Å²) < 4.78 is 5.10. The summed E-state index contributed by atoms with van der Waals surface area (Å²) in [7, 11) is 1.65. The highest BCUT2D eigenvalue weighted by Gasteiger charge is 2.19. The lowest BCUT2D eigenvalue weighted by Gasteiger charge is -2.17. The number of hydrogen-bond donors (Lipinski definition) is 2. The fourth-order valence-electron chi connectivity index (χ4n) is 1.50. The average molecular weight is 264 g/mol. The van der Waals surface area contributed by atoms with Crippen molar-refractivity contribution < 1.29 is 9.53 Å². The summed E-state index contributed by atoms with van der Waals surface area (Å²) in [5.74, 6) is 0.944. The van der Waals surface area contributed by atoms with Crippen molar-refractivity contribution in [3.63, 3.8) is 0 Å². The number of anilines is 1. The summed E-state index contributed by atoms with van der Waals surface area (Å²) >= 11 is 0. The molecule has 1 aromatic carbocycles. The number of carbonyl (C=O) groups excluding carboxylic acids is 1. The third-order valence-corrected chi connectivity index (χ3v) is 2.74. The molecule has 0 spiro atoms. The molecule has 0 fully saturated rings. The van der Waals surface area contributed by atoms with Gasteiger partial charge in [0.2, 0.25) is 5.91 Å². The molecule has 0 aromatic heterocycles. The minimum atomic E-state index is -0.316. The van der Waals surface area contributed by atoms with E-state index in [9.17, 15) is 4.79 Å². The van der Waals surface area contributed by atoms with Crippen LogP contribution in [0.25, 0.3) is 0 Å². The van der Waals surface area contributed by atoms with E-state index in [0.717, 1.165) is 24.4 Å². The Hall–Kier alpha value is -1.71. The molecular formula is C15H24N2O2. The summed E-state index contributed by atoms with van der Waals surface area (Å²) in [5, 5.41) is 6.23. The Kier molecular flexibility index (Phi) is 5.67. The van der Waals surface area contributed by atoms with Crippen molar-refractivity contribution in [2.45, 2.75) is 27.2 Å². The summed E-state index contributed by atoms with van der Waals surface area (Å²) in [6.45, 7) is 7.27. The van der Waals surface area contributed by atoms with Gasteiger partial charge in [-0.1, -0.05) is 20.8 Å². The number of amides is 1. The second kappa shape index (κ2) is 7.02. The monoisotopic (exact) mass is 264 g/mol. The molecule has 0 heterocycles. The summed E-state index contributed by atoms with van der Waals surface area (Å²) in [5.41, 5.74) is 0.742. The van der Waals surface area contributed by atoms with Crippen molar-refractivity contribution in [2.24, 2.45) is 5.41 Å². The van der Waals surface area contributed by atoms with Crippen LogP contribution in [0.2, 0.25) is 0 Å². The van der Waals surface area contributed by atoms with Crippen molar-refractivity contribution in [2.75, 3.05) is 25.5 Å². The largest absolute Gasteiger partial charge is 0.497 e. The van der Waals surface area contributed by atoms with Crippen LogP contribution < -0.4 is 15.4 Å². The van der Waals surface area contributed by atoms with Gasteiger partial charge in [-0.25, -0.2) is 0 Å². The molecule has 1 amide bonds. The third kappa shape index (κ3) is 5.64. The van der Waals surface area contributed by atoms with Crippen molar-refractivity contribution in [1.29, 1.82) is 0 Å². The molecule has 0 aliphatic carbocycles. The topological polar surface area (TPSA) is 50.4 Å². The second-order valence-electron chi connectivity index (χ2n) is 5.51. The fraction of sp³-hybridized carbons (Fsp3) is 0.533. The number of rotatable bonds is 6. The van der Waals surface area contributed by atoms with E-state index in [2.05, 4.69) is 10.6 Å². The lowest BCUT2D eigenvalue weighted by Crippen LogP contribution is -2.35. The van der Waals surface area contributed by atoms with Gasteiger partial charge in [0.1, 0.15) is 5.75 Å². The molecular weight excluding hydrogens is 240 g/mol. The van der Waals surface area contributed by atoms with Gasteiger partial charge in [-0.15, -0.1) is 0 Å². The maximum Gasteiger partial charge on any atom is 0.225 e. The van der Waals surface area contributed by atoms with Crippen LogP contribution in [-0.2, 0) is 4.79 Å². The molecule has 0 saturated heterocycles. The zero-order chi connectivity index (χ0) is 14.3. The maximum absolute atomic E-state index is 11.6. The lowest BCUT2D eigenvalue weighted by atomic mass is 9.96. The molecule has 1 aromatic rings. The Morgan fingerprint density at radius 3 is 2.32 bits per heavy atom. The fourth-order valence-corrected chi connectivity index (χ4v) is 1.50. The smallest absolute Gasteiger partial charge is 0.225 e. The first-order valence-electron chi connectivity index (χ1n) is 6.59. The molecule has 0 saturated carbocycles. The Bertz CT molecular complexity index is 394. The van der Waals surface area contributed by atoms with Crippen LogP contribution in [0, 0.1) is 5.41 Å². The molecule has 19 heavy (non-hydrogen) atoms. The van der Waals surface area contributed by atoms with Crippen LogP contribution in [-0.4, -0.2) is 26.1 Å². The van der Waals surface area contributed by atoms with Gasteiger partial charge >= 0.3 is 0 Å². The van der Waals surface area contributed by atoms with Crippen LogP contribution in [0.15, 0.2) is 24.3 Å². The molecule has 0 atom stereocenters. The van der Waals surface area contributed by atoms with Crippen LogP contribution in [0.3, 0.4) is 0 Å². The quantitative estimate of drug-likeness (QED) is 0.777. The number of hydrogen-bond acceptors (Lipinski definition) is 3. The SMILES string of the molecule is COc1ccc(NCCCNC(=O)C(C)(C)C)cc1. The molecule has 0 radical (unpaired) electrons. The summed E-state index contributed by atoms with van der Waals surface area (Å²) in [6.07, 6.45) is 0.897. The van der Waals surface area contributed by atoms with Gasteiger partial charge in [0, 0.05) is 24.2 Å². The van der Waals surface area contributed by atoms with Crippen LogP contribution in [0.1, 0.15) is 27.2 Å². The van der Waals surface area contributed by atoms with Gasteiger partial charge in [0.15, 0.2) is 0 Å². The van der Waals surface area contributed by atoms with E-state index < -0.39 is 0 Å². The number of ether oxygens (including phenoxy) is 1. The second-order valence-corrected chi connectivity index (χ2v) is 5.51. The molecule has 106 valence electrons. The zero-order valence-corrected chi connectivity index (χ0v) is 12.2. The summed E-state index contributed by atoms with van der Waals surface area (Å²) in [4.78, 5) is 11.6. The highest BCUT2D eigenvalue weighted by atomic mass is 16.5. The third-order valence-electron chi connectivity index (χ3n) is 2.74. The van der Waals surface area contributed by atoms with Crippen molar-refractivity contribution in [3.05, 3.63) is 24.3 Å². The predicted molar refractivity (Wildman–Crippen MR) is 78.6 cm³/mol. The van der Waals surface area contributed by atoms with E-state index >= 15 is 0 Å². The van der Waals surface area contributed by atoms with Crippen molar-refractivity contribution >= 4 is 11.6 Å². The standard InChI is InChI=1S/C15H24N2O2/c1-15(2,3)14(18)17-11-5-10-16-12-6-8-13(19-4)9-7-12/h6-9,16H,5,10-11H2,1-4H3,(H,17,18). The molecule has 0 aliphatic rings. The van der Waals surface area contributed by atoms with Gasteiger partial charge in [0.05, 0.1) is 7.11 Å². The van der Waals surface area contributed by atoms with Gasteiger partial charge in [-0.05, 0) is 30.7 Å². The highest BCUT2D eigenvalue weighted by Crippen LogP contribution is 2.15. The Balaban J connectivity index is 2.18. The van der Waals surface area contributed by atoms with E-state index in [1.807, 2.05) is 45.0 Å². The minimum Gasteiger partial charge on any atom is -0.497 e. The van der Waals surface area contributed by atoms with E-state index in [-0.39, 0.29) is 11.3 Å². The predicted octanol–water partition coefficient (Wildman–Crippen LogP) is 2.66. The highest BCUT2D eigenvalue weighted by molar-refractivity contribution is 5.81. The first-order chi connectivity index (χ1) is 8.93. The lowest BCUT2D eigenvalue weighted by molar-refractivity contribution is -0.128. The van der Waals surface area contributed by atoms with Gasteiger partial charge in [-0.2, -0.15) is 0 Å². The van der Waals surface area contributed by atoms with E-state index in [4.69, 9.17) is 4.74 Å². The van der Waals surface area contributed by atoms with Crippen LogP contribution in [0.4, 0.5) is 5.69 Å². The number of carbonyl (C=O) groups is 1. The van der Waals surface area contributed by atoms with Crippen molar-refractivity contribution in [1.82, 2.24) is 5.32 Å². The molecule has 4 nitrogen and oxygen atoms in total. The molecule has 1 rings (SSSR count). The van der Waals surface area contributed by atoms with Crippen molar-refractivity contribution in [3.8, 4) is 5.75 Å². The van der Waals surface area contributed by atoms with E-state index in [0.29, 0.717) is 6.54 Å². The normalized spacial score (nSPS) is 10.9. The zero-order valence-electron chi connectivity index (χ0n) is 12.2. The molecule has 0 aliphatic heterocycles. The van der Waals surface area contributed by atoms with Gasteiger partial charge in [0.25, 0.3) is 0 Å². The average Bonchev–Trinajstić information content (AvgIpc) is 2.37. The van der Waals surface area contributed by atoms with Crippen LogP contribution in [0.5, 0.6) is 5.75 Å². The Morgan fingerprint density at radius 1 is 1.16 bits per heavy atom. The molecule has 0 bridgehead atoms. The number of nitrogens with one attached hydrogen (secondary N) is 2. The van der Waals surface area contributed by atoms with Gasteiger partial charge < -0.3 is 15.4 Å². The Morgan fingerprint density at radius 2 is 1.79 bits per heavy atom. The molecule has 2 N–H and O–H groups in total. The number of benzene rings is 1. The van der Waals surface area contributed by atoms with Crippen LogP contribution >= 0.6 is 0 Å². The molecule has 0 unspecified atom stereocenters. The summed E-state index contributed by atoms with van der Waals surface area (Å²) in [6, 6.07) is 7.80. The molecule has 4 heteroatoms. The first kappa shape index (κ1) is 15.3. The number of methoxy groups -OCH3 is 1. The minimum absolute atomic E-state index is 0.0944. The van der Waals surface area contributed by atoms with Gasteiger partial charge in [-0.3, -0.25) is 4.79 Å².